The van der Waals surface area contributed by atoms with E-state index in [1.165, 1.54) is 36.0 Å². The molecular weight excluding hydrogens is 320 g/mol. The van der Waals surface area contributed by atoms with Crippen LogP contribution in [0.1, 0.15) is 71.0 Å². The second-order valence-corrected chi connectivity index (χ2v) is 6.92. The molecule has 0 aliphatic rings. The van der Waals surface area contributed by atoms with Crippen molar-refractivity contribution in [2.45, 2.75) is 65.4 Å². The monoisotopic (exact) mass is 354 g/mol. The molecular formula is C24H34O2. The van der Waals surface area contributed by atoms with Crippen molar-refractivity contribution < 1.29 is 9.47 Å². The Hall–Kier alpha value is -1.80. The van der Waals surface area contributed by atoms with Gasteiger partial charge < -0.3 is 9.47 Å². The standard InChI is InChI=1S/C24H34O2/c1-4-6-8-9-19-25-20(3)21-10-12-22(13-11-21)23-14-16-24(17-15-23)26-18-7-5-2/h10-17,20H,4-9,18-19H2,1-3H3. The van der Waals surface area contributed by atoms with Gasteiger partial charge in [-0.3, -0.25) is 0 Å². The Bertz CT molecular complexity index is 601. The zero-order chi connectivity index (χ0) is 18.6. The average molecular weight is 355 g/mol. The van der Waals surface area contributed by atoms with Crippen LogP contribution in [-0.2, 0) is 4.74 Å². The molecule has 0 radical (unpaired) electrons. The van der Waals surface area contributed by atoms with Crippen LogP contribution in [0, 0.1) is 0 Å². The molecule has 0 heterocycles. The van der Waals surface area contributed by atoms with Crippen molar-refractivity contribution in [3.63, 3.8) is 0 Å². The summed E-state index contributed by atoms with van der Waals surface area (Å²) >= 11 is 0. The fraction of sp³-hybridized carbons (Fsp3) is 0.500. The molecule has 0 aliphatic carbocycles. The molecule has 2 aromatic carbocycles. The van der Waals surface area contributed by atoms with Crippen molar-refractivity contribution in [2.24, 2.45) is 0 Å². The molecule has 0 spiro atoms. The van der Waals surface area contributed by atoms with Gasteiger partial charge in [-0.1, -0.05) is 75.9 Å². The quantitative estimate of drug-likeness (QED) is 0.375. The second-order valence-electron chi connectivity index (χ2n) is 6.92. The Morgan fingerprint density at radius 2 is 1.31 bits per heavy atom. The minimum Gasteiger partial charge on any atom is -0.494 e. The van der Waals surface area contributed by atoms with Gasteiger partial charge in [-0.15, -0.1) is 0 Å². The zero-order valence-electron chi connectivity index (χ0n) is 16.7. The van der Waals surface area contributed by atoms with Gasteiger partial charge in [-0.05, 0) is 48.6 Å². The Kier molecular flexibility index (Phi) is 9.27. The van der Waals surface area contributed by atoms with Gasteiger partial charge >= 0.3 is 0 Å². The Balaban J connectivity index is 1.86. The highest BCUT2D eigenvalue weighted by Crippen LogP contribution is 2.25. The maximum Gasteiger partial charge on any atom is 0.119 e. The lowest BCUT2D eigenvalue weighted by Crippen LogP contribution is -2.01. The maximum absolute atomic E-state index is 5.97. The summed E-state index contributed by atoms with van der Waals surface area (Å²) in [5.74, 6) is 0.948. The van der Waals surface area contributed by atoms with Crippen molar-refractivity contribution in [1.29, 1.82) is 0 Å². The van der Waals surface area contributed by atoms with Crippen LogP contribution in [0.3, 0.4) is 0 Å². The van der Waals surface area contributed by atoms with E-state index >= 15 is 0 Å². The summed E-state index contributed by atoms with van der Waals surface area (Å²) in [6.07, 6.45) is 7.40. The van der Waals surface area contributed by atoms with E-state index in [4.69, 9.17) is 9.47 Å². The van der Waals surface area contributed by atoms with Crippen molar-refractivity contribution in [1.82, 2.24) is 0 Å². The van der Waals surface area contributed by atoms with Crippen molar-refractivity contribution >= 4 is 0 Å². The van der Waals surface area contributed by atoms with Gasteiger partial charge in [-0.2, -0.15) is 0 Å². The molecule has 2 aromatic rings. The molecule has 0 saturated carbocycles. The van der Waals surface area contributed by atoms with E-state index in [0.29, 0.717) is 0 Å². The summed E-state index contributed by atoms with van der Waals surface area (Å²) in [5.41, 5.74) is 3.68. The van der Waals surface area contributed by atoms with Gasteiger partial charge in [0.1, 0.15) is 5.75 Å². The van der Waals surface area contributed by atoms with E-state index in [1.54, 1.807) is 0 Å². The van der Waals surface area contributed by atoms with Crippen LogP contribution in [0.4, 0.5) is 0 Å². The van der Waals surface area contributed by atoms with Gasteiger partial charge in [0.2, 0.25) is 0 Å². The lowest BCUT2D eigenvalue weighted by molar-refractivity contribution is 0.0628. The summed E-state index contributed by atoms with van der Waals surface area (Å²) < 4.78 is 11.7. The summed E-state index contributed by atoms with van der Waals surface area (Å²) in [6, 6.07) is 17.1. The van der Waals surface area contributed by atoms with Crippen molar-refractivity contribution in [2.75, 3.05) is 13.2 Å². The van der Waals surface area contributed by atoms with Gasteiger partial charge in [0.05, 0.1) is 12.7 Å². The molecule has 1 unspecified atom stereocenters. The summed E-state index contributed by atoms with van der Waals surface area (Å²) in [4.78, 5) is 0. The number of hydrogen-bond donors (Lipinski definition) is 0. The third-order valence-electron chi connectivity index (χ3n) is 4.70. The van der Waals surface area contributed by atoms with Crippen LogP contribution in [0.2, 0.25) is 0 Å². The minimum atomic E-state index is 0.153. The van der Waals surface area contributed by atoms with Crippen molar-refractivity contribution in [3.05, 3.63) is 54.1 Å². The number of unbranched alkanes of at least 4 members (excludes halogenated alkanes) is 4. The van der Waals surface area contributed by atoms with Gasteiger partial charge in [0.15, 0.2) is 0 Å². The molecule has 1 atom stereocenters. The topological polar surface area (TPSA) is 18.5 Å². The Morgan fingerprint density at radius 1 is 0.692 bits per heavy atom. The second kappa shape index (κ2) is 11.7. The predicted molar refractivity (Wildman–Crippen MR) is 111 cm³/mol. The molecule has 0 saturated heterocycles. The molecule has 26 heavy (non-hydrogen) atoms. The highest BCUT2D eigenvalue weighted by atomic mass is 16.5. The molecule has 0 amide bonds. The molecule has 2 nitrogen and oxygen atoms in total. The van der Waals surface area contributed by atoms with Gasteiger partial charge in [-0.25, -0.2) is 0 Å². The lowest BCUT2D eigenvalue weighted by atomic mass is 10.0. The largest absolute Gasteiger partial charge is 0.494 e. The number of hydrogen-bond acceptors (Lipinski definition) is 2. The predicted octanol–water partition coefficient (Wildman–Crippen LogP) is 7.19. The fourth-order valence-corrected chi connectivity index (χ4v) is 2.91. The molecule has 0 bridgehead atoms. The zero-order valence-corrected chi connectivity index (χ0v) is 16.7. The number of rotatable bonds is 12. The van der Waals surface area contributed by atoms with Crippen LogP contribution in [0.5, 0.6) is 5.75 Å². The van der Waals surface area contributed by atoms with Crippen molar-refractivity contribution in [3.8, 4) is 16.9 Å². The van der Waals surface area contributed by atoms with Crippen LogP contribution in [-0.4, -0.2) is 13.2 Å². The first-order valence-electron chi connectivity index (χ1n) is 10.2. The van der Waals surface area contributed by atoms with Crippen LogP contribution >= 0.6 is 0 Å². The summed E-state index contributed by atoms with van der Waals surface area (Å²) in [5, 5.41) is 0. The smallest absolute Gasteiger partial charge is 0.119 e. The highest BCUT2D eigenvalue weighted by Gasteiger charge is 2.06. The fourth-order valence-electron chi connectivity index (χ4n) is 2.91. The first kappa shape index (κ1) is 20.5. The molecule has 142 valence electrons. The third-order valence-corrected chi connectivity index (χ3v) is 4.70. The van der Waals surface area contributed by atoms with Gasteiger partial charge in [0.25, 0.3) is 0 Å². The molecule has 2 heteroatoms. The van der Waals surface area contributed by atoms with Gasteiger partial charge in [0, 0.05) is 6.61 Å². The van der Waals surface area contributed by atoms with E-state index in [2.05, 4.69) is 69.3 Å². The molecule has 0 aromatic heterocycles. The first-order valence-corrected chi connectivity index (χ1v) is 10.2. The Morgan fingerprint density at radius 3 is 1.92 bits per heavy atom. The van der Waals surface area contributed by atoms with E-state index in [0.717, 1.165) is 38.2 Å². The number of ether oxygens (including phenoxy) is 2. The van der Waals surface area contributed by atoms with E-state index < -0.39 is 0 Å². The molecule has 0 aliphatic heterocycles. The molecule has 0 fully saturated rings. The normalized spacial score (nSPS) is 12.1. The third kappa shape index (κ3) is 6.84. The molecule has 0 N–H and O–H groups in total. The van der Waals surface area contributed by atoms with Crippen LogP contribution in [0.25, 0.3) is 11.1 Å². The number of benzene rings is 2. The maximum atomic E-state index is 5.97. The SMILES string of the molecule is CCCCCCOC(C)c1ccc(-c2ccc(OCCCC)cc2)cc1. The average Bonchev–Trinajstić information content (AvgIpc) is 2.68. The lowest BCUT2D eigenvalue weighted by Gasteiger charge is -2.14. The Labute approximate surface area is 159 Å². The summed E-state index contributed by atoms with van der Waals surface area (Å²) in [7, 11) is 0. The van der Waals surface area contributed by atoms with E-state index in [9.17, 15) is 0 Å². The van der Waals surface area contributed by atoms with E-state index in [-0.39, 0.29) is 6.10 Å². The van der Waals surface area contributed by atoms with E-state index in [1.807, 2.05) is 0 Å². The summed E-state index contributed by atoms with van der Waals surface area (Å²) in [6.45, 7) is 8.19. The first-order chi connectivity index (χ1) is 12.7. The molecule has 2 rings (SSSR count). The minimum absolute atomic E-state index is 0.153. The van der Waals surface area contributed by atoms with Crippen LogP contribution in [0.15, 0.2) is 48.5 Å². The van der Waals surface area contributed by atoms with Crippen LogP contribution < -0.4 is 4.74 Å². The highest BCUT2D eigenvalue weighted by molar-refractivity contribution is 5.64.